The highest BCUT2D eigenvalue weighted by Gasteiger charge is 2.22. The summed E-state index contributed by atoms with van der Waals surface area (Å²) in [5, 5.41) is 0. The summed E-state index contributed by atoms with van der Waals surface area (Å²) in [6.45, 7) is 6.05. The molecule has 0 unspecified atom stereocenters. The van der Waals surface area contributed by atoms with Crippen LogP contribution in [0, 0.1) is 5.82 Å². The molecule has 140 valence electrons. The summed E-state index contributed by atoms with van der Waals surface area (Å²) < 4.78 is 13.1. The predicted molar refractivity (Wildman–Crippen MR) is 101 cm³/mol. The highest BCUT2D eigenvalue weighted by Crippen LogP contribution is 2.20. The van der Waals surface area contributed by atoms with Gasteiger partial charge in [-0.1, -0.05) is 13.8 Å². The molecule has 4 rings (SSSR count). The van der Waals surface area contributed by atoms with Gasteiger partial charge in [0.1, 0.15) is 17.5 Å². The van der Waals surface area contributed by atoms with Crippen LogP contribution in [0.2, 0.25) is 0 Å². The van der Waals surface area contributed by atoms with Crippen molar-refractivity contribution in [1.29, 1.82) is 0 Å². The number of nitrogens with one attached hydrogen (secondary N) is 2. The number of H-pyrrole nitrogens is 2. The van der Waals surface area contributed by atoms with Crippen molar-refractivity contribution in [2.75, 3.05) is 6.54 Å². The van der Waals surface area contributed by atoms with E-state index in [2.05, 4.69) is 24.8 Å². The maximum Gasteiger partial charge on any atom is 0.255 e. The lowest BCUT2D eigenvalue weighted by atomic mass is 10.1. The molecule has 2 aromatic heterocycles. The van der Waals surface area contributed by atoms with E-state index in [9.17, 15) is 9.18 Å². The van der Waals surface area contributed by atoms with Gasteiger partial charge in [0.15, 0.2) is 0 Å². The molecule has 1 aliphatic rings. The van der Waals surface area contributed by atoms with Gasteiger partial charge in [-0.3, -0.25) is 9.69 Å². The van der Waals surface area contributed by atoms with Gasteiger partial charge >= 0.3 is 0 Å². The monoisotopic (exact) mass is 367 g/mol. The van der Waals surface area contributed by atoms with Crippen molar-refractivity contribution in [3.63, 3.8) is 0 Å². The molecule has 0 bridgehead atoms. The molecule has 0 saturated heterocycles. The Morgan fingerprint density at radius 1 is 1.22 bits per heavy atom. The van der Waals surface area contributed by atoms with Gasteiger partial charge in [0.2, 0.25) is 0 Å². The van der Waals surface area contributed by atoms with E-state index >= 15 is 0 Å². The van der Waals surface area contributed by atoms with Crippen molar-refractivity contribution in [2.24, 2.45) is 0 Å². The molecule has 6 nitrogen and oxygen atoms in total. The minimum Gasteiger partial charge on any atom is -0.341 e. The minimum absolute atomic E-state index is 0.0418. The summed E-state index contributed by atoms with van der Waals surface area (Å²) in [7, 11) is 0. The molecule has 2 N–H and O–H groups in total. The number of imidazole rings is 1. The quantitative estimate of drug-likeness (QED) is 0.743. The molecule has 7 heteroatoms. The summed E-state index contributed by atoms with van der Waals surface area (Å²) in [6.07, 6.45) is 2.51. The number of aromatic nitrogens is 4. The van der Waals surface area contributed by atoms with Crippen LogP contribution in [0.5, 0.6) is 0 Å². The Morgan fingerprint density at radius 3 is 2.74 bits per heavy atom. The summed E-state index contributed by atoms with van der Waals surface area (Å²) >= 11 is 0. The lowest BCUT2D eigenvalue weighted by molar-refractivity contribution is 0.236. The molecule has 0 saturated carbocycles. The average Bonchev–Trinajstić information content (AvgIpc) is 3.11. The van der Waals surface area contributed by atoms with E-state index in [4.69, 9.17) is 0 Å². The van der Waals surface area contributed by atoms with Crippen molar-refractivity contribution in [3.05, 3.63) is 69.5 Å². The Bertz CT molecular complexity index is 1010. The zero-order valence-electron chi connectivity index (χ0n) is 15.4. The molecule has 0 fully saturated rings. The molecule has 0 aliphatic carbocycles. The highest BCUT2D eigenvalue weighted by molar-refractivity contribution is 5.58. The van der Waals surface area contributed by atoms with Crippen LogP contribution in [0.4, 0.5) is 4.39 Å². The lowest BCUT2D eigenvalue weighted by Crippen LogP contribution is -2.36. The number of benzene rings is 1. The Balaban J connectivity index is 1.49. The molecule has 0 spiro atoms. The second-order valence-electron chi connectivity index (χ2n) is 7.24. The van der Waals surface area contributed by atoms with Gasteiger partial charge in [0.25, 0.3) is 5.56 Å². The molecule has 1 aromatic carbocycles. The van der Waals surface area contributed by atoms with Gasteiger partial charge in [0, 0.05) is 25.4 Å². The Labute approximate surface area is 156 Å². The van der Waals surface area contributed by atoms with Crippen LogP contribution < -0.4 is 5.56 Å². The predicted octanol–water partition coefficient (Wildman–Crippen LogP) is 2.98. The van der Waals surface area contributed by atoms with Crippen LogP contribution in [0.1, 0.15) is 42.7 Å². The second kappa shape index (κ2) is 7.08. The number of aromatic amines is 2. The van der Waals surface area contributed by atoms with Gasteiger partial charge in [-0.05, 0) is 29.8 Å². The SMILES string of the molecule is CC(C)c1nc2c(c(=O)[nH]1)CN(Cc1ncc(-c3ccc(F)cc3)[nH]1)CC2. The Hall–Kier alpha value is -2.80. The first kappa shape index (κ1) is 17.6. The third-order valence-corrected chi connectivity index (χ3v) is 4.87. The molecule has 0 radical (unpaired) electrons. The fourth-order valence-corrected chi connectivity index (χ4v) is 3.34. The molecule has 3 heterocycles. The summed E-state index contributed by atoms with van der Waals surface area (Å²) in [5.41, 5.74) is 3.35. The zero-order chi connectivity index (χ0) is 19.0. The van der Waals surface area contributed by atoms with Crippen molar-refractivity contribution in [2.45, 2.75) is 39.3 Å². The van der Waals surface area contributed by atoms with E-state index in [0.29, 0.717) is 13.1 Å². The highest BCUT2D eigenvalue weighted by atomic mass is 19.1. The topological polar surface area (TPSA) is 77.7 Å². The zero-order valence-corrected chi connectivity index (χ0v) is 15.4. The van der Waals surface area contributed by atoms with Crippen LogP contribution in [-0.4, -0.2) is 31.4 Å². The smallest absolute Gasteiger partial charge is 0.255 e. The normalized spacial score (nSPS) is 14.5. The molecule has 0 amide bonds. The van der Waals surface area contributed by atoms with Crippen LogP contribution in [0.3, 0.4) is 0 Å². The van der Waals surface area contributed by atoms with Crippen molar-refractivity contribution < 1.29 is 4.39 Å². The summed E-state index contributed by atoms with van der Waals surface area (Å²) in [5.74, 6) is 1.52. The van der Waals surface area contributed by atoms with Crippen molar-refractivity contribution in [1.82, 2.24) is 24.8 Å². The standard InChI is InChI=1S/C20H22FN5O/c1-12(2)19-24-16-7-8-26(10-15(16)20(27)25-19)11-18-22-9-17(23-18)13-3-5-14(21)6-4-13/h3-6,9,12H,7-8,10-11H2,1-2H3,(H,22,23)(H,24,25,27). The number of hydrogen-bond acceptors (Lipinski definition) is 4. The van der Waals surface area contributed by atoms with Crippen LogP contribution in [0.15, 0.2) is 35.3 Å². The van der Waals surface area contributed by atoms with Crippen molar-refractivity contribution >= 4 is 0 Å². The third kappa shape index (κ3) is 3.68. The fraction of sp³-hybridized carbons (Fsp3) is 0.350. The molecular weight excluding hydrogens is 345 g/mol. The van der Waals surface area contributed by atoms with E-state index < -0.39 is 0 Å². The van der Waals surface area contributed by atoms with Gasteiger partial charge in [-0.25, -0.2) is 14.4 Å². The fourth-order valence-electron chi connectivity index (χ4n) is 3.34. The second-order valence-corrected chi connectivity index (χ2v) is 7.24. The largest absolute Gasteiger partial charge is 0.341 e. The Kier molecular flexibility index (Phi) is 4.61. The first-order valence-corrected chi connectivity index (χ1v) is 9.13. The number of fused-ring (bicyclic) bond motifs is 1. The molecule has 27 heavy (non-hydrogen) atoms. The van der Waals surface area contributed by atoms with E-state index in [1.165, 1.54) is 12.1 Å². The van der Waals surface area contributed by atoms with Crippen LogP contribution in [-0.2, 0) is 19.5 Å². The Morgan fingerprint density at radius 2 is 2.00 bits per heavy atom. The minimum atomic E-state index is -0.259. The van der Waals surface area contributed by atoms with Gasteiger partial charge in [-0.15, -0.1) is 0 Å². The van der Waals surface area contributed by atoms with E-state index in [1.54, 1.807) is 18.3 Å². The lowest BCUT2D eigenvalue weighted by Gasteiger charge is -2.27. The molecule has 3 aromatic rings. The number of rotatable bonds is 4. The first-order valence-electron chi connectivity index (χ1n) is 9.13. The number of hydrogen-bond donors (Lipinski definition) is 2. The summed E-state index contributed by atoms with van der Waals surface area (Å²) in [6, 6.07) is 6.31. The van der Waals surface area contributed by atoms with E-state index in [0.717, 1.165) is 47.1 Å². The molecule has 0 atom stereocenters. The van der Waals surface area contributed by atoms with Gasteiger partial charge < -0.3 is 9.97 Å². The van der Waals surface area contributed by atoms with Crippen LogP contribution >= 0.6 is 0 Å². The third-order valence-electron chi connectivity index (χ3n) is 4.87. The van der Waals surface area contributed by atoms with Crippen LogP contribution in [0.25, 0.3) is 11.3 Å². The van der Waals surface area contributed by atoms with Crippen molar-refractivity contribution in [3.8, 4) is 11.3 Å². The summed E-state index contributed by atoms with van der Waals surface area (Å²) in [4.78, 5) is 29.9. The molecule has 1 aliphatic heterocycles. The number of halogens is 1. The van der Waals surface area contributed by atoms with Gasteiger partial charge in [-0.2, -0.15) is 0 Å². The average molecular weight is 367 g/mol. The maximum atomic E-state index is 13.1. The first-order chi connectivity index (χ1) is 13.0. The van der Waals surface area contributed by atoms with E-state index in [-0.39, 0.29) is 17.3 Å². The number of nitrogens with zero attached hydrogens (tertiary/aromatic N) is 3. The van der Waals surface area contributed by atoms with Gasteiger partial charge in [0.05, 0.1) is 29.7 Å². The maximum absolute atomic E-state index is 13.1. The molecular formula is C20H22FN5O. The van der Waals surface area contributed by atoms with E-state index in [1.807, 2.05) is 13.8 Å².